The summed E-state index contributed by atoms with van der Waals surface area (Å²) in [4.78, 5) is 2.39. The van der Waals surface area contributed by atoms with Gasteiger partial charge in [0, 0.05) is 6.54 Å². The molecule has 1 aromatic carbocycles. The van der Waals surface area contributed by atoms with Gasteiger partial charge in [-0.3, -0.25) is 0 Å². The average Bonchev–Trinajstić information content (AvgIpc) is 2.43. The number of hydrogen-bond donors (Lipinski definition) is 0. The Bertz CT molecular complexity index is 371. The van der Waals surface area contributed by atoms with Crippen LogP contribution in [0.15, 0.2) is 18.2 Å². The van der Waals surface area contributed by atoms with E-state index in [4.69, 9.17) is 4.74 Å². The number of benzene rings is 1. The number of rotatable bonds is 6. The standard InChI is InChI=1S/C16H25NO/c1-3-17(4-2)11-12-18-16-10-9-14-7-5-6-8-15(14)13-16/h9-10,13H,3-8,11-12H2,1-2H3. The van der Waals surface area contributed by atoms with Crippen LogP contribution in [0.25, 0.3) is 0 Å². The maximum atomic E-state index is 5.86. The van der Waals surface area contributed by atoms with E-state index in [1.807, 2.05) is 0 Å². The maximum absolute atomic E-state index is 5.86. The zero-order chi connectivity index (χ0) is 12.8. The first-order valence-corrected chi connectivity index (χ1v) is 7.30. The van der Waals surface area contributed by atoms with E-state index in [-0.39, 0.29) is 0 Å². The number of nitrogens with zero attached hydrogens (tertiary/aromatic N) is 1. The van der Waals surface area contributed by atoms with Crippen LogP contribution in [-0.2, 0) is 12.8 Å². The molecule has 0 amide bonds. The van der Waals surface area contributed by atoms with Crippen LogP contribution in [0.5, 0.6) is 5.75 Å². The minimum Gasteiger partial charge on any atom is -0.492 e. The third-order valence-corrected chi connectivity index (χ3v) is 3.89. The molecule has 0 atom stereocenters. The Hall–Kier alpha value is -1.02. The van der Waals surface area contributed by atoms with Gasteiger partial charge in [-0.05, 0) is 62.0 Å². The van der Waals surface area contributed by atoms with Gasteiger partial charge in [-0.15, -0.1) is 0 Å². The second kappa shape index (κ2) is 6.79. The van der Waals surface area contributed by atoms with E-state index < -0.39 is 0 Å². The molecule has 2 rings (SSSR count). The summed E-state index contributed by atoms with van der Waals surface area (Å²) in [5.41, 5.74) is 3.03. The highest BCUT2D eigenvalue weighted by Crippen LogP contribution is 2.25. The predicted octanol–water partition coefficient (Wildman–Crippen LogP) is 3.29. The van der Waals surface area contributed by atoms with Crippen molar-refractivity contribution in [2.75, 3.05) is 26.2 Å². The first-order chi connectivity index (χ1) is 8.83. The van der Waals surface area contributed by atoms with Crippen molar-refractivity contribution in [1.29, 1.82) is 0 Å². The van der Waals surface area contributed by atoms with Crippen LogP contribution in [0, 0.1) is 0 Å². The molecule has 0 aromatic heterocycles. The molecule has 0 fully saturated rings. The summed E-state index contributed by atoms with van der Waals surface area (Å²) >= 11 is 0. The Balaban J connectivity index is 1.86. The zero-order valence-electron chi connectivity index (χ0n) is 11.7. The van der Waals surface area contributed by atoms with Gasteiger partial charge < -0.3 is 9.64 Å². The molecule has 0 N–H and O–H groups in total. The Labute approximate surface area is 111 Å². The smallest absolute Gasteiger partial charge is 0.119 e. The summed E-state index contributed by atoms with van der Waals surface area (Å²) in [6.07, 6.45) is 5.14. The lowest BCUT2D eigenvalue weighted by Crippen LogP contribution is -2.27. The number of aryl methyl sites for hydroxylation is 2. The number of likely N-dealkylation sites (N-methyl/N-ethyl adjacent to an activating group) is 1. The summed E-state index contributed by atoms with van der Waals surface area (Å²) in [6, 6.07) is 6.63. The van der Waals surface area contributed by atoms with Gasteiger partial charge >= 0.3 is 0 Å². The highest BCUT2D eigenvalue weighted by atomic mass is 16.5. The lowest BCUT2D eigenvalue weighted by Gasteiger charge is -2.19. The molecule has 1 aliphatic carbocycles. The van der Waals surface area contributed by atoms with Crippen LogP contribution >= 0.6 is 0 Å². The lowest BCUT2D eigenvalue weighted by molar-refractivity contribution is 0.222. The fraction of sp³-hybridized carbons (Fsp3) is 0.625. The molecule has 0 radical (unpaired) electrons. The lowest BCUT2D eigenvalue weighted by atomic mass is 9.92. The molecule has 2 heteroatoms. The Morgan fingerprint density at radius 2 is 1.78 bits per heavy atom. The van der Waals surface area contributed by atoms with E-state index in [1.54, 1.807) is 0 Å². The van der Waals surface area contributed by atoms with Crippen LogP contribution < -0.4 is 4.74 Å². The molecule has 0 heterocycles. The molecule has 0 unspecified atom stereocenters. The van der Waals surface area contributed by atoms with Crippen molar-refractivity contribution in [1.82, 2.24) is 4.90 Å². The van der Waals surface area contributed by atoms with Crippen molar-refractivity contribution in [3.05, 3.63) is 29.3 Å². The van der Waals surface area contributed by atoms with Crippen LogP contribution in [0.1, 0.15) is 37.8 Å². The summed E-state index contributed by atoms with van der Waals surface area (Å²) < 4.78 is 5.86. The summed E-state index contributed by atoms with van der Waals surface area (Å²) in [5.74, 6) is 1.04. The van der Waals surface area contributed by atoms with Crippen molar-refractivity contribution >= 4 is 0 Å². The summed E-state index contributed by atoms with van der Waals surface area (Å²) in [6.45, 7) is 8.41. The van der Waals surface area contributed by atoms with Gasteiger partial charge in [0.15, 0.2) is 0 Å². The van der Waals surface area contributed by atoms with E-state index in [0.29, 0.717) is 0 Å². The van der Waals surface area contributed by atoms with Gasteiger partial charge in [0.25, 0.3) is 0 Å². The van der Waals surface area contributed by atoms with Gasteiger partial charge in [-0.25, -0.2) is 0 Å². The molecule has 1 aromatic rings. The van der Waals surface area contributed by atoms with Gasteiger partial charge in [0.2, 0.25) is 0 Å². The normalized spacial score (nSPS) is 14.6. The third-order valence-electron chi connectivity index (χ3n) is 3.89. The van der Waals surface area contributed by atoms with Crippen LogP contribution in [-0.4, -0.2) is 31.1 Å². The maximum Gasteiger partial charge on any atom is 0.119 e. The molecular weight excluding hydrogens is 222 g/mol. The van der Waals surface area contributed by atoms with Crippen LogP contribution in [0.2, 0.25) is 0 Å². The topological polar surface area (TPSA) is 12.5 Å². The Morgan fingerprint density at radius 3 is 2.50 bits per heavy atom. The van der Waals surface area contributed by atoms with E-state index in [2.05, 4.69) is 36.9 Å². The van der Waals surface area contributed by atoms with Crippen molar-refractivity contribution < 1.29 is 4.74 Å². The molecule has 100 valence electrons. The van der Waals surface area contributed by atoms with Crippen molar-refractivity contribution in [2.45, 2.75) is 39.5 Å². The molecule has 0 saturated heterocycles. The quantitative estimate of drug-likeness (QED) is 0.765. The molecule has 18 heavy (non-hydrogen) atoms. The fourth-order valence-corrected chi connectivity index (χ4v) is 2.63. The Kier molecular flexibility index (Phi) is 5.06. The Morgan fingerprint density at radius 1 is 1.06 bits per heavy atom. The van der Waals surface area contributed by atoms with Gasteiger partial charge in [-0.1, -0.05) is 19.9 Å². The number of fused-ring (bicyclic) bond motifs is 1. The third kappa shape index (κ3) is 3.49. The predicted molar refractivity (Wildman–Crippen MR) is 76.4 cm³/mol. The fourth-order valence-electron chi connectivity index (χ4n) is 2.63. The SMILES string of the molecule is CCN(CC)CCOc1ccc2c(c1)CCCC2. The monoisotopic (exact) mass is 247 g/mol. The molecular formula is C16H25NO. The molecule has 0 bridgehead atoms. The first-order valence-electron chi connectivity index (χ1n) is 7.30. The van der Waals surface area contributed by atoms with Crippen molar-refractivity contribution in [3.8, 4) is 5.75 Å². The van der Waals surface area contributed by atoms with Crippen LogP contribution in [0.3, 0.4) is 0 Å². The van der Waals surface area contributed by atoms with Crippen molar-refractivity contribution in [3.63, 3.8) is 0 Å². The van der Waals surface area contributed by atoms with E-state index >= 15 is 0 Å². The minimum absolute atomic E-state index is 0.792. The average molecular weight is 247 g/mol. The highest BCUT2D eigenvalue weighted by molar-refractivity contribution is 5.37. The van der Waals surface area contributed by atoms with Gasteiger partial charge in [0.05, 0.1) is 0 Å². The van der Waals surface area contributed by atoms with E-state index in [9.17, 15) is 0 Å². The molecule has 0 spiro atoms. The van der Waals surface area contributed by atoms with Crippen molar-refractivity contribution in [2.24, 2.45) is 0 Å². The summed E-state index contributed by atoms with van der Waals surface area (Å²) in [7, 11) is 0. The largest absolute Gasteiger partial charge is 0.492 e. The second-order valence-corrected chi connectivity index (χ2v) is 5.01. The highest BCUT2D eigenvalue weighted by Gasteiger charge is 2.09. The summed E-state index contributed by atoms with van der Waals surface area (Å²) in [5, 5.41) is 0. The molecule has 1 aliphatic rings. The minimum atomic E-state index is 0.792. The number of hydrogen-bond acceptors (Lipinski definition) is 2. The van der Waals surface area contributed by atoms with Crippen LogP contribution in [0.4, 0.5) is 0 Å². The second-order valence-electron chi connectivity index (χ2n) is 5.01. The molecule has 2 nitrogen and oxygen atoms in total. The molecule has 0 aliphatic heterocycles. The van der Waals surface area contributed by atoms with Gasteiger partial charge in [0.1, 0.15) is 12.4 Å². The number of ether oxygens (including phenoxy) is 1. The first kappa shape index (κ1) is 13.4. The van der Waals surface area contributed by atoms with Gasteiger partial charge in [-0.2, -0.15) is 0 Å². The zero-order valence-corrected chi connectivity index (χ0v) is 11.7. The molecule has 0 saturated carbocycles. The van der Waals surface area contributed by atoms with E-state index in [1.165, 1.54) is 36.8 Å². The van der Waals surface area contributed by atoms with E-state index in [0.717, 1.165) is 32.0 Å².